The minimum Gasteiger partial charge on any atom is -0.474 e. The average molecular weight is 484 g/mol. The summed E-state index contributed by atoms with van der Waals surface area (Å²) >= 11 is 0. The summed E-state index contributed by atoms with van der Waals surface area (Å²) in [6, 6.07) is 2.24. The monoisotopic (exact) mass is 483 g/mol. The second kappa shape index (κ2) is 11.2. The fourth-order valence-corrected chi connectivity index (χ4v) is 1.77. The van der Waals surface area contributed by atoms with Crippen LogP contribution in [0.2, 0.25) is 0 Å². The second-order valence-electron chi connectivity index (χ2n) is 7.83. The van der Waals surface area contributed by atoms with Gasteiger partial charge < -0.3 is 22.0 Å². The Bertz CT molecular complexity index is 572. The van der Waals surface area contributed by atoms with Gasteiger partial charge in [-0.15, -0.1) is 0 Å². The van der Waals surface area contributed by atoms with E-state index in [9.17, 15) is 17.3 Å². The summed E-state index contributed by atoms with van der Waals surface area (Å²) in [6.45, 7) is 20.1. The average Bonchev–Trinajstić information content (AvgIpc) is 3.05. The van der Waals surface area contributed by atoms with Crippen LogP contribution in [-0.2, 0) is 30.6 Å². The van der Waals surface area contributed by atoms with Crippen molar-refractivity contribution in [1.82, 2.24) is 10.2 Å². The molecular formula is C17H28BF4N3OPd+. The molecule has 1 N–H and O–H groups in total. The minimum atomic E-state index is -6.00. The zero-order valence-electron chi connectivity index (χ0n) is 16.6. The van der Waals surface area contributed by atoms with E-state index < -0.39 is 7.25 Å². The Hall–Kier alpha value is -0.873. The fourth-order valence-electron chi connectivity index (χ4n) is 1.77. The van der Waals surface area contributed by atoms with Gasteiger partial charge in [-0.2, -0.15) is 5.10 Å². The largest absolute Gasteiger partial charge is 2.00 e. The molecule has 0 aromatic carbocycles. The molecule has 4 nitrogen and oxygen atoms in total. The Morgan fingerprint density at radius 2 is 1.59 bits per heavy atom. The molecule has 0 unspecified atom stereocenters. The molecule has 0 spiro atoms. The predicted octanol–water partition coefficient (Wildman–Crippen LogP) is 5.06. The predicted molar refractivity (Wildman–Crippen MR) is 98.2 cm³/mol. The normalized spacial score (nSPS) is 16.7. The van der Waals surface area contributed by atoms with Gasteiger partial charge in [0.15, 0.2) is 0 Å². The number of aromatic nitrogens is 2. The molecular weight excluding hydrogens is 455 g/mol. The fraction of sp³-hybridized carbons (Fsp3) is 0.588. The van der Waals surface area contributed by atoms with Crippen LogP contribution in [-0.4, -0.2) is 36.0 Å². The van der Waals surface area contributed by atoms with Gasteiger partial charge in [0.25, 0.3) is 0 Å². The molecule has 3 radical (unpaired) electrons. The Kier molecular flexibility index (Phi) is 11.8. The van der Waals surface area contributed by atoms with Crippen molar-refractivity contribution in [3.63, 3.8) is 0 Å². The first kappa shape index (κ1) is 28.3. The minimum absolute atomic E-state index is 0. The van der Waals surface area contributed by atoms with Crippen LogP contribution >= 0.6 is 0 Å². The van der Waals surface area contributed by atoms with Crippen molar-refractivity contribution in [3.05, 3.63) is 37.7 Å². The molecule has 0 saturated carbocycles. The van der Waals surface area contributed by atoms with Crippen LogP contribution in [0.4, 0.5) is 17.3 Å². The molecule has 2 rings (SSSR count). The summed E-state index contributed by atoms with van der Waals surface area (Å²) in [5.74, 6) is 0.668. The zero-order chi connectivity index (χ0) is 20.8. The van der Waals surface area contributed by atoms with E-state index >= 15 is 0 Å². The molecule has 0 bridgehead atoms. The van der Waals surface area contributed by atoms with E-state index in [1.807, 2.05) is 6.07 Å². The zero-order valence-corrected chi connectivity index (χ0v) is 18.1. The molecule has 0 aliphatic carbocycles. The van der Waals surface area contributed by atoms with Gasteiger partial charge in [0.2, 0.25) is 5.90 Å². The summed E-state index contributed by atoms with van der Waals surface area (Å²) in [5, 5.41) is 7.37. The van der Waals surface area contributed by atoms with Crippen molar-refractivity contribution in [2.24, 2.45) is 10.4 Å². The molecule has 10 heteroatoms. The maximum atomic E-state index is 9.75. The van der Waals surface area contributed by atoms with Crippen molar-refractivity contribution >= 4 is 13.2 Å². The van der Waals surface area contributed by atoms with Gasteiger partial charge in [0.05, 0.1) is 6.04 Å². The molecule has 1 aromatic rings. The van der Waals surface area contributed by atoms with Gasteiger partial charge >= 0.3 is 27.7 Å². The van der Waals surface area contributed by atoms with Crippen molar-refractivity contribution in [2.75, 3.05) is 6.61 Å². The summed E-state index contributed by atoms with van der Waals surface area (Å²) in [4.78, 5) is 4.64. The summed E-state index contributed by atoms with van der Waals surface area (Å²) in [6.07, 6.45) is 1.50. The number of nitrogens with zero attached hydrogens (tertiary/aromatic N) is 2. The maximum Gasteiger partial charge on any atom is 2.00 e. The third-order valence-electron chi connectivity index (χ3n) is 3.26. The standard InChI is InChI=1S/C14H23N3O.C3H5.BF4.Pd/c1-13(2,3)10-7-9(16-17-10)12-15-11(8-18-12)14(4,5)6;1-3-2;2-1(3,4)5;/h7,11H,8H2,1-6H3,(H,16,17);3H,1-2H2;;/q;;-1;+2/t11-;;;/m1.../s1. The second-order valence-corrected chi connectivity index (χ2v) is 7.83. The number of hydrogen-bond acceptors (Lipinski definition) is 3. The molecule has 1 aliphatic heterocycles. The summed E-state index contributed by atoms with van der Waals surface area (Å²) < 4.78 is 44.7. The Balaban J connectivity index is 0. The van der Waals surface area contributed by atoms with Crippen molar-refractivity contribution in [1.29, 1.82) is 0 Å². The number of rotatable bonds is 1. The van der Waals surface area contributed by atoms with E-state index in [2.05, 4.69) is 70.6 Å². The molecule has 1 aliphatic rings. The number of halogens is 4. The van der Waals surface area contributed by atoms with Crippen LogP contribution in [0.15, 0.2) is 11.1 Å². The van der Waals surface area contributed by atoms with Crippen LogP contribution in [0.3, 0.4) is 0 Å². The first-order chi connectivity index (χ1) is 11.6. The van der Waals surface area contributed by atoms with Crippen LogP contribution < -0.4 is 0 Å². The van der Waals surface area contributed by atoms with Gasteiger partial charge in [0, 0.05) is 11.1 Å². The summed E-state index contributed by atoms with van der Waals surface area (Å²) in [5.41, 5.74) is 2.10. The molecule has 0 saturated heterocycles. The maximum absolute atomic E-state index is 9.75. The molecule has 0 amide bonds. The van der Waals surface area contributed by atoms with Crippen molar-refractivity contribution in [2.45, 2.75) is 53.0 Å². The van der Waals surface area contributed by atoms with E-state index in [1.165, 1.54) is 6.42 Å². The Morgan fingerprint density at radius 3 is 1.89 bits per heavy atom. The number of nitrogens with one attached hydrogen (secondary N) is 1. The Morgan fingerprint density at radius 1 is 1.15 bits per heavy atom. The SMILES string of the molecule is CC(C)(C)c1cc(C2=N[C@@H](C(C)(C)C)CO2)n[nH]1.F[B-](F)(F)F.[CH2][CH][CH2].[Pd+2]. The van der Waals surface area contributed by atoms with Gasteiger partial charge in [-0.25, -0.2) is 4.99 Å². The smallest absolute Gasteiger partial charge is 0.474 e. The molecule has 0 fully saturated rings. The molecule has 1 atom stereocenters. The van der Waals surface area contributed by atoms with Crippen molar-refractivity contribution in [3.8, 4) is 0 Å². The number of aliphatic imine (C=N–C) groups is 1. The third kappa shape index (κ3) is 12.2. The van der Waals surface area contributed by atoms with E-state index in [0.717, 1.165) is 11.4 Å². The van der Waals surface area contributed by atoms with Gasteiger partial charge in [0.1, 0.15) is 12.3 Å². The molecule has 1 aromatic heterocycles. The van der Waals surface area contributed by atoms with Gasteiger partial charge in [-0.3, -0.25) is 5.10 Å². The van der Waals surface area contributed by atoms with Gasteiger partial charge in [-0.05, 0) is 31.7 Å². The van der Waals surface area contributed by atoms with Crippen LogP contribution in [0, 0.1) is 25.7 Å². The Labute approximate surface area is 173 Å². The first-order valence-electron chi connectivity index (χ1n) is 8.14. The molecule has 27 heavy (non-hydrogen) atoms. The number of aromatic amines is 1. The molecule has 2 heterocycles. The first-order valence-corrected chi connectivity index (χ1v) is 8.14. The van der Waals surface area contributed by atoms with Crippen molar-refractivity contribution < 1.29 is 42.4 Å². The molecule has 157 valence electrons. The summed E-state index contributed by atoms with van der Waals surface area (Å²) in [7, 11) is -6.00. The quantitative estimate of drug-likeness (QED) is 0.449. The van der Waals surface area contributed by atoms with E-state index in [4.69, 9.17) is 4.74 Å². The van der Waals surface area contributed by atoms with Gasteiger partial charge in [-0.1, -0.05) is 41.5 Å². The van der Waals surface area contributed by atoms with Crippen LogP contribution in [0.25, 0.3) is 0 Å². The van der Waals surface area contributed by atoms with E-state index in [-0.39, 0.29) is 37.3 Å². The van der Waals surface area contributed by atoms with E-state index in [0.29, 0.717) is 12.5 Å². The number of H-pyrrole nitrogens is 1. The van der Waals surface area contributed by atoms with Crippen LogP contribution in [0.1, 0.15) is 52.9 Å². The third-order valence-corrected chi connectivity index (χ3v) is 3.26. The number of hydrogen-bond donors (Lipinski definition) is 1. The number of ether oxygens (including phenoxy) is 1. The van der Waals surface area contributed by atoms with Crippen LogP contribution in [0.5, 0.6) is 0 Å². The topological polar surface area (TPSA) is 50.3 Å². The van der Waals surface area contributed by atoms with E-state index in [1.54, 1.807) is 0 Å².